The topological polar surface area (TPSA) is 62.6 Å². The molecule has 0 bridgehead atoms. The molecule has 1 N–H and O–H groups in total. The Morgan fingerprint density at radius 2 is 2.09 bits per heavy atom. The lowest BCUT2D eigenvalue weighted by molar-refractivity contribution is -0.117. The Kier molecular flexibility index (Phi) is 4.57. The van der Waals surface area contributed by atoms with Crippen molar-refractivity contribution in [2.24, 2.45) is 0 Å². The Bertz CT molecular complexity index is 702. The molecule has 118 valence electrons. The van der Waals surface area contributed by atoms with E-state index in [9.17, 15) is 9.59 Å². The fourth-order valence-electron chi connectivity index (χ4n) is 2.50. The van der Waals surface area contributed by atoms with Crippen LogP contribution in [-0.4, -0.2) is 18.4 Å². The lowest BCUT2D eigenvalue weighted by Crippen LogP contribution is -2.23. The Balaban J connectivity index is 1.55. The van der Waals surface area contributed by atoms with Crippen LogP contribution in [0.3, 0.4) is 0 Å². The minimum Gasteiger partial charge on any atom is -0.467 e. The van der Waals surface area contributed by atoms with Crippen LogP contribution in [0.25, 0.3) is 6.08 Å². The van der Waals surface area contributed by atoms with Crippen LogP contribution in [-0.2, 0) is 16.1 Å². The number of anilines is 1. The Labute approximate surface area is 134 Å². The smallest absolute Gasteiger partial charge is 0.244 e. The van der Waals surface area contributed by atoms with E-state index in [1.807, 2.05) is 30.3 Å². The summed E-state index contributed by atoms with van der Waals surface area (Å²) in [6, 6.07) is 11.2. The summed E-state index contributed by atoms with van der Waals surface area (Å²) in [6.45, 7) is 1.15. The second kappa shape index (κ2) is 6.96. The predicted molar refractivity (Wildman–Crippen MR) is 87.6 cm³/mol. The predicted octanol–water partition coefficient (Wildman–Crippen LogP) is 2.74. The normalized spacial score (nSPS) is 14.6. The van der Waals surface area contributed by atoms with Crippen LogP contribution in [0.1, 0.15) is 24.2 Å². The molecule has 0 unspecified atom stereocenters. The van der Waals surface area contributed by atoms with Gasteiger partial charge in [0.2, 0.25) is 11.8 Å². The monoisotopic (exact) mass is 310 g/mol. The van der Waals surface area contributed by atoms with Crippen molar-refractivity contribution in [3.8, 4) is 0 Å². The van der Waals surface area contributed by atoms with Gasteiger partial charge < -0.3 is 14.6 Å². The van der Waals surface area contributed by atoms with E-state index in [0.717, 1.165) is 24.2 Å². The van der Waals surface area contributed by atoms with Gasteiger partial charge in [-0.25, -0.2) is 0 Å². The summed E-state index contributed by atoms with van der Waals surface area (Å²) in [7, 11) is 0. The number of benzene rings is 1. The molecule has 1 aliphatic heterocycles. The highest BCUT2D eigenvalue weighted by atomic mass is 16.3. The molecule has 0 saturated carbocycles. The van der Waals surface area contributed by atoms with Crippen LogP contribution in [0.5, 0.6) is 0 Å². The van der Waals surface area contributed by atoms with Crippen molar-refractivity contribution in [2.75, 3.05) is 11.4 Å². The van der Waals surface area contributed by atoms with Gasteiger partial charge in [-0.2, -0.15) is 0 Å². The number of rotatable bonds is 5. The van der Waals surface area contributed by atoms with Crippen molar-refractivity contribution < 1.29 is 14.0 Å². The van der Waals surface area contributed by atoms with Crippen molar-refractivity contribution >= 4 is 23.6 Å². The minimum atomic E-state index is -0.180. The molecule has 1 fully saturated rings. The maximum atomic E-state index is 11.7. The highest BCUT2D eigenvalue weighted by Gasteiger charge is 2.21. The highest BCUT2D eigenvalue weighted by Crippen LogP contribution is 2.21. The molecule has 0 radical (unpaired) electrons. The number of amides is 2. The van der Waals surface area contributed by atoms with Gasteiger partial charge in [-0.3, -0.25) is 9.59 Å². The van der Waals surface area contributed by atoms with Gasteiger partial charge in [-0.05, 0) is 42.3 Å². The van der Waals surface area contributed by atoms with E-state index < -0.39 is 0 Å². The molecule has 5 heteroatoms. The largest absolute Gasteiger partial charge is 0.467 e. The molecule has 3 rings (SSSR count). The van der Waals surface area contributed by atoms with Crippen LogP contribution in [0, 0.1) is 0 Å². The summed E-state index contributed by atoms with van der Waals surface area (Å²) in [5.74, 6) is 0.706. The standard InChI is InChI=1S/C18H18N2O3/c21-17(19-13-16-3-2-12-23-16)10-7-14-5-8-15(9-6-14)20-11-1-4-18(20)22/h2-3,5-10,12H,1,4,11,13H2,(H,19,21)/b10-7-. The molecule has 2 aromatic rings. The molecule has 2 heterocycles. The van der Waals surface area contributed by atoms with E-state index in [1.165, 1.54) is 6.08 Å². The number of carbonyl (C=O) groups is 2. The molecule has 0 atom stereocenters. The summed E-state index contributed by atoms with van der Waals surface area (Å²) in [6.07, 6.45) is 6.34. The SMILES string of the molecule is O=C(/C=C\c1ccc(N2CCCC2=O)cc1)NCc1ccco1. The Morgan fingerprint density at radius 3 is 2.74 bits per heavy atom. The molecule has 0 aliphatic carbocycles. The molecular formula is C18H18N2O3. The maximum absolute atomic E-state index is 11.7. The maximum Gasteiger partial charge on any atom is 0.244 e. The lowest BCUT2D eigenvalue weighted by Gasteiger charge is -2.15. The number of hydrogen-bond acceptors (Lipinski definition) is 3. The quantitative estimate of drug-likeness (QED) is 0.864. The average Bonchev–Trinajstić information content (AvgIpc) is 3.23. The van der Waals surface area contributed by atoms with Crippen LogP contribution >= 0.6 is 0 Å². The third-order valence-corrected chi connectivity index (χ3v) is 3.72. The first kappa shape index (κ1) is 15.1. The Hall–Kier alpha value is -2.82. The molecule has 23 heavy (non-hydrogen) atoms. The number of carbonyl (C=O) groups excluding carboxylic acids is 2. The summed E-state index contributed by atoms with van der Waals surface area (Å²) in [4.78, 5) is 25.2. The third-order valence-electron chi connectivity index (χ3n) is 3.72. The summed E-state index contributed by atoms with van der Waals surface area (Å²) < 4.78 is 5.15. The Morgan fingerprint density at radius 1 is 1.26 bits per heavy atom. The molecule has 1 aromatic carbocycles. The highest BCUT2D eigenvalue weighted by molar-refractivity contribution is 5.95. The van der Waals surface area contributed by atoms with Gasteiger partial charge in [-0.15, -0.1) is 0 Å². The van der Waals surface area contributed by atoms with Gasteiger partial charge in [0.15, 0.2) is 0 Å². The van der Waals surface area contributed by atoms with Crippen LogP contribution < -0.4 is 10.2 Å². The van der Waals surface area contributed by atoms with Crippen molar-refractivity contribution in [1.82, 2.24) is 5.32 Å². The minimum absolute atomic E-state index is 0.172. The summed E-state index contributed by atoms with van der Waals surface area (Å²) >= 11 is 0. The molecule has 1 aliphatic rings. The molecule has 2 amide bonds. The molecule has 1 aromatic heterocycles. The zero-order chi connectivity index (χ0) is 16.1. The van der Waals surface area contributed by atoms with E-state index in [4.69, 9.17) is 4.42 Å². The van der Waals surface area contributed by atoms with Crippen molar-refractivity contribution in [1.29, 1.82) is 0 Å². The summed E-state index contributed by atoms with van der Waals surface area (Å²) in [5.41, 5.74) is 1.82. The first-order chi connectivity index (χ1) is 11.2. The van der Waals surface area contributed by atoms with E-state index in [2.05, 4.69) is 5.32 Å². The van der Waals surface area contributed by atoms with Crippen molar-refractivity contribution in [3.05, 3.63) is 60.1 Å². The van der Waals surface area contributed by atoms with E-state index >= 15 is 0 Å². The van der Waals surface area contributed by atoms with Crippen LogP contribution in [0.2, 0.25) is 0 Å². The van der Waals surface area contributed by atoms with Gasteiger partial charge in [0.1, 0.15) is 5.76 Å². The van der Waals surface area contributed by atoms with Gasteiger partial charge in [-0.1, -0.05) is 12.1 Å². The molecule has 5 nitrogen and oxygen atoms in total. The first-order valence-electron chi connectivity index (χ1n) is 7.61. The number of nitrogens with zero attached hydrogens (tertiary/aromatic N) is 1. The second-order valence-electron chi connectivity index (χ2n) is 5.37. The fraction of sp³-hybridized carbons (Fsp3) is 0.222. The van der Waals surface area contributed by atoms with Crippen LogP contribution in [0.15, 0.2) is 53.2 Å². The van der Waals surface area contributed by atoms with E-state index in [1.54, 1.807) is 23.3 Å². The molecule has 0 spiro atoms. The summed E-state index contributed by atoms with van der Waals surface area (Å²) in [5, 5.41) is 2.74. The number of nitrogens with one attached hydrogen (secondary N) is 1. The van der Waals surface area contributed by atoms with Gasteiger partial charge >= 0.3 is 0 Å². The lowest BCUT2D eigenvalue weighted by atomic mass is 10.2. The average molecular weight is 310 g/mol. The van der Waals surface area contributed by atoms with E-state index in [0.29, 0.717) is 18.7 Å². The third kappa shape index (κ3) is 3.88. The number of furan rings is 1. The van der Waals surface area contributed by atoms with Gasteiger partial charge in [0.25, 0.3) is 0 Å². The zero-order valence-corrected chi connectivity index (χ0v) is 12.7. The number of hydrogen-bond donors (Lipinski definition) is 1. The van der Waals surface area contributed by atoms with Crippen molar-refractivity contribution in [3.63, 3.8) is 0 Å². The molecular weight excluding hydrogens is 292 g/mol. The van der Waals surface area contributed by atoms with Gasteiger partial charge in [0.05, 0.1) is 12.8 Å². The van der Waals surface area contributed by atoms with Crippen molar-refractivity contribution in [2.45, 2.75) is 19.4 Å². The molecule has 1 saturated heterocycles. The van der Waals surface area contributed by atoms with E-state index in [-0.39, 0.29) is 11.8 Å². The van der Waals surface area contributed by atoms with Gasteiger partial charge in [0, 0.05) is 24.7 Å². The first-order valence-corrected chi connectivity index (χ1v) is 7.61. The fourth-order valence-corrected chi connectivity index (χ4v) is 2.50. The van der Waals surface area contributed by atoms with Crippen LogP contribution in [0.4, 0.5) is 5.69 Å². The second-order valence-corrected chi connectivity index (χ2v) is 5.37. The zero-order valence-electron chi connectivity index (χ0n) is 12.7.